The van der Waals surface area contributed by atoms with E-state index in [4.69, 9.17) is 8.83 Å². The second-order valence-corrected chi connectivity index (χ2v) is 30.5. The van der Waals surface area contributed by atoms with Crippen LogP contribution < -0.4 is 0 Å². The third kappa shape index (κ3) is 10.7. The number of para-hydroxylation sites is 3. The lowest BCUT2D eigenvalue weighted by Gasteiger charge is -2.17. The quantitative estimate of drug-likeness (QED) is 0.137. The Morgan fingerprint density at radius 2 is 0.526 bits per heavy atom. The number of hydrogen-bond acceptors (Lipinski definition) is 2. The van der Waals surface area contributed by atoms with Crippen LogP contribution in [0.15, 0.2) is 421 Å². The maximum Gasteiger partial charge on any atom is 0.137 e. The third-order valence-corrected chi connectivity index (χ3v) is 24.1. The number of benzene rings is 18. The van der Waals surface area contributed by atoms with Crippen LogP contribution in [0, 0.1) is 0 Å². The van der Waals surface area contributed by atoms with Gasteiger partial charge in [0.2, 0.25) is 0 Å². The Balaban J connectivity index is 0.000000135. The molecule has 2 unspecified atom stereocenters. The number of furan rings is 2. The summed E-state index contributed by atoms with van der Waals surface area (Å²) < 4.78 is 17.7. The molecule has 2 aliphatic rings. The van der Waals surface area contributed by atoms with Crippen LogP contribution in [-0.2, 0) is 0 Å². The fraction of sp³-hybridized carbons (Fsp3) is 0.0182. The summed E-state index contributed by atoms with van der Waals surface area (Å²) in [6.45, 7) is 0. The van der Waals surface area contributed by atoms with Crippen LogP contribution in [0.3, 0.4) is 0 Å². The largest absolute Gasteiger partial charge is 0.456 e. The first-order valence-corrected chi connectivity index (χ1v) is 39.4. The molecular weight excluding hydrogens is 1380 g/mol. The van der Waals surface area contributed by atoms with Crippen LogP contribution in [0.1, 0.15) is 45.2 Å². The zero-order chi connectivity index (χ0) is 74.9. The Morgan fingerprint density at radius 3 is 1.08 bits per heavy atom. The number of fused-ring (bicyclic) bond motifs is 18. The predicted octanol–water partition coefficient (Wildman–Crippen LogP) is 29.7. The highest BCUT2D eigenvalue weighted by Gasteiger charge is 2.34. The molecule has 0 aliphatic heterocycles. The van der Waals surface area contributed by atoms with Crippen molar-refractivity contribution in [3.8, 4) is 100 Å². The Labute approximate surface area is 659 Å². The molecule has 4 heterocycles. The van der Waals surface area contributed by atoms with Gasteiger partial charge in [-0.2, -0.15) is 0 Å². The van der Waals surface area contributed by atoms with E-state index in [0.717, 1.165) is 60.9 Å². The second kappa shape index (κ2) is 26.5. The molecule has 0 saturated heterocycles. The van der Waals surface area contributed by atoms with Gasteiger partial charge >= 0.3 is 0 Å². The molecule has 0 fully saturated rings. The molecule has 0 spiro atoms. The normalized spacial score (nSPS) is 13.4. The SMILES string of the molecule is c1ccc(-c2cccc(-n3c4ccccc4c4cc(-c5ccc6c(c5)c5cc7c(cc5n6-c5cccc(-c6ccccc6)c5)oc5ccccc57)ccc43)c2)cc1.c1ccc(-c2cccc(C3c4ccccc4-c4cc(-c5ccc6c(c5)-c5cc7oc8ccccc8c7cc5C6c5cccc(-c6ccccc6)c5)ccc43)c2)cc1. The molecular formula is C110H70N2O2. The molecule has 0 amide bonds. The van der Waals surface area contributed by atoms with Gasteiger partial charge in [0.15, 0.2) is 0 Å². The smallest absolute Gasteiger partial charge is 0.137 e. The minimum Gasteiger partial charge on any atom is -0.456 e. The molecule has 24 rings (SSSR count). The zero-order valence-corrected chi connectivity index (χ0v) is 62.1. The molecule has 22 aromatic rings. The highest BCUT2D eigenvalue weighted by atomic mass is 16.3. The molecule has 4 heteroatoms. The van der Waals surface area contributed by atoms with E-state index < -0.39 is 0 Å². The van der Waals surface area contributed by atoms with Gasteiger partial charge in [-0.25, -0.2) is 0 Å². The Kier molecular flexibility index (Phi) is 15.1. The number of aromatic nitrogens is 2. The van der Waals surface area contributed by atoms with Gasteiger partial charge in [-0.1, -0.05) is 309 Å². The standard InChI is InChI=1S/C56H36O.C54H34N2O/c1-3-13-35(14-4-1)37-17-11-19-41(29-37)55-45-23-8-7-21-43(45)48-31-39(25-27-46(48)55)40-26-28-47-49(32-40)50-34-54-51(44-22-9-10-24-53(44)57-54)33-52(50)56(47)42-20-12-18-38(30-42)36-15-5-2-6-16-36;1-3-13-35(14-4-1)37-17-11-19-41(29-37)55-49-23-9-7-21-43(49)45-31-39(25-27-50(45)55)40-26-28-51-46(32-40)47-33-48-44-22-8-10-24-53(44)57-54(48)34-52(47)56(51)42-20-12-18-38(30-42)36-15-5-2-6-16-36/h1-34,55-56H;1-34H. The summed E-state index contributed by atoms with van der Waals surface area (Å²) in [5.74, 6) is 0.282. The summed E-state index contributed by atoms with van der Waals surface area (Å²) in [7, 11) is 0. The molecule has 4 nitrogen and oxygen atoms in total. The molecule has 0 radical (unpaired) electrons. The highest BCUT2D eigenvalue weighted by molar-refractivity contribution is 6.19. The second-order valence-electron chi connectivity index (χ2n) is 30.5. The maximum atomic E-state index is 6.49. The monoisotopic (exact) mass is 1450 g/mol. The van der Waals surface area contributed by atoms with Crippen molar-refractivity contribution < 1.29 is 8.83 Å². The van der Waals surface area contributed by atoms with E-state index >= 15 is 0 Å². The van der Waals surface area contributed by atoms with Crippen molar-refractivity contribution in [2.45, 2.75) is 11.8 Å². The van der Waals surface area contributed by atoms with Crippen LogP contribution in [0.2, 0.25) is 0 Å². The van der Waals surface area contributed by atoms with Crippen LogP contribution in [0.5, 0.6) is 0 Å². The molecule has 0 N–H and O–H groups in total. The molecule has 0 bridgehead atoms. The number of rotatable bonds is 10. The van der Waals surface area contributed by atoms with Gasteiger partial charge < -0.3 is 18.0 Å². The van der Waals surface area contributed by atoms with E-state index in [2.05, 4.69) is 416 Å². The van der Waals surface area contributed by atoms with E-state index in [0.29, 0.717) is 0 Å². The summed E-state index contributed by atoms with van der Waals surface area (Å²) in [6.07, 6.45) is 0. The topological polar surface area (TPSA) is 36.1 Å². The first kappa shape index (κ1) is 65.1. The average molecular weight is 1450 g/mol. The van der Waals surface area contributed by atoms with Gasteiger partial charge in [-0.05, 0) is 219 Å². The van der Waals surface area contributed by atoms with E-state index in [-0.39, 0.29) is 11.8 Å². The van der Waals surface area contributed by atoms with Gasteiger partial charge in [0.25, 0.3) is 0 Å². The minimum absolute atomic E-state index is 0.102. The summed E-state index contributed by atoms with van der Waals surface area (Å²) in [5, 5.41) is 9.48. The van der Waals surface area contributed by atoms with Crippen molar-refractivity contribution in [1.29, 1.82) is 0 Å². The van der Waals surface area contributed by atoms with Crippen LogP contribution in [0.4, 0.5) is 0 Å². The molecule has 2 atom stereocenters. The maximum absolute atomic E-state index is 6.49. The van der Waals surface area contributed by atoms with E-state index in [1.807, 2.05) is 6.07 Å². The molecule has 0 saturated carbocycles. The fourth-order valence-electron chi connectivity index (χ4n) is 18.8. The van der Waals surface area contributed by atoms with Gasteiger partial charge in [-0.3, -0.25) is 0 Å². The van der Waals surface area contributed by atoms with Gasteiger partial charge in [0, 0.05) is 72.4 Å². The Morgan fingerprint density at radius 1 is 0.167 bits per heavy atom. The van der Waals surface area contributed by atoms with E-state index in [1.165, 1.54) is 160 Å². The number of nitrogens with zero attached hydrogens (tertiary/aromatic N) is 2. The van der Waals surface area contributed by atoms with Crippen LogP contribution in [0.25, 0.3) is 188 Å². The summed E-state index contributed by atoms with van der Waals surface area (Å²) >= 11 is 0. The number of hydrogen-bond donors (Lipinski definition) is 0. The van der Waals surface area contributed by atoms with Crippen LogP contribution >= 0.6 is 0 Å². The summed E-state index contributed by atoms with van der Waals surface area (Å²) in [4.78, 5) is 0. The van der Waals surface area contributed by atoms with E-state index in [1.54, 1.807) is 0 Å². The highest BCUT2D eigenvalue weighted by Crippen LogP contribution is 2.54. The van der Waals surface area contributed by atoms with Crippen molar-refractivity contribution >= 4 is 87.5 Å². The lowest BCUT2D eigenvalue weighted by molar-refractivity contribution is 0.668. The lowest BCUT2D eigenvalue weighted by Crippen LogP contribution is -2.00. The van der Waals surface area contributed by atoms with Crippen LogP contribution in [-0.4, -0.2) is 9.13 Å². The predicted molar refractivity (Wildman–Crippen MR) is 474 cm³/mol. The first-order chi connectivity index (χ1) is 56.5. The summed E-state index contributed by atoms with van der Waals surface area (Å²) in [6, 6.07) is 150. The Bertz CT molecular complexity index is 7600. The summed E-state index contributed by atoms with van der Waals surface area (Å²) in [5.41, 5.74) is 38.3. The third-order valence-electron chi connectivity index (χ3n) is 24.1. The molecule has 532 valence electrons. The van der Waals surface area contributed by atoms with Crippen molar-refractivity contribution in [2.24, 2.45) is 0 Å². The molecule has 4 aromatic heterocycles. The molecule has 114 heavy (non-hydrogen) atoms. The fourth-order valence-corrected chi connectivity index (χ4v) is 18.8. The minimum atomic E-state index is 0.102. The van der Waals surface area contributed by atoms with Gasteiger partial charge in [-0.15, -0.1) is 0 Å². The van der Waals surface area contributed by atoms with Gasteiger partial charge in [0.1, 0.15) is 22.3 Å². The lowest BCUT2D eigenvalue weighted by atomic mass is 9.86. The van der Waals surface area contributed by atoms with Crippen molar-refractivity contribution in [3.05, 3.63) is 446 Å². The average Bonchev–Trinajstić information content (AvgIpc) is 1.57. The van der Waals surface area contributed by atoms with E-state index in [9.17, 15) is 0 Å². The van der Waals surface area contributed by atoms with Crippen molar-refractivity contribution in [1.82, 2.24) is 9.13 Å². The first-order valence-electron chi connectivity index (χ1n) is 39.4. The molecule has 2 aliphatic carbocycles. The Hall–Kier alpha value is -14.8. The van der Waals surface area contributed by atoms with Crippen molar-refractivity contribution in [3.63, 3.8) is 0 Å². The molecule has 18 aromatic carbocycles. The zero-order valence-electron chi connectivity index (χ0n) is 62.1. The van der Waals surface area contributed by atoms with Gasteiger partial charge in [0.05, 0.1) is 22.1 Å². The van der Waals surface area contributed by atoms with Crippen molar-refractivity contribution in [2.75, 3.05) is 0 Å².